The molecule has 1 unspecified atom stereocenters. The highest BCUT2D eigenvalue weighted by atomic mass is 127. The molecule has 0 spiro atoms. The van der Waals surface area contributed by atoms with Crippen LogP contribution in [0.15, 0.2) is 24.3 Å². The number of nitrogens with zero attached hydrogens (tertiary/aromatic N) is 1. The molecular weight excluding hydrogens is 368 g/mol. The zero-order valence-corrected chi connectivity index (χ0v) is 12.7. The number of alkyl halides is 1. The summed E-state index contributed by atoms with van der Waals surface area (Å²) in [5, 5.41) is 0.333. The molecule has 0 fully saturated rings. The van der Waals surface area contributed by atoms with E-state index in [1.807, 2.05) is 13.0 Å². The third kappa shape index (κ3) is 2.54. The van der Waals surface area contributed by atoms with E-state index < -0.39 is 0 Å². The highest BCUT2D eigenvalue weighted by Gasteiger charge is 2.28. The molecule has 0 radical (unpaired) electrons. The molecule has 2 nitrogen and oxygen atoms in total. The summed E-state index contributed by atoms with van der Waals surface area (Å²) in [4.78, 5) is 13.8. The SMILES string of the molecule is CCN1C(=O)C(I)CC=C1c1ccc(F)cc1Cl. The van der Waals surface area contributed by atoms with Crippen molar-refractivity contribution in [2.75, 3.05) is 6.54 Å². The molecule has 0 aliphatic carbocycles. The molecule has 0 N–H and O–H groups in total. The van der Waals surface area contributed by atoms with Gasteiger partial charge in [-0.2, -0.15) is 0 Å². The van der Waals surface area contributed by atoms with Crippen LogP contribution in [0.1, 0.15) is 18.9 Å². The van der Waals surface area contributed by atoms with E-state index in [0.717, 1.165) is 5.70 Å². The first-order chi connectivity index (χ1) is 8.54. The van der Waals surface area contributed by atoms with Gasteiger partial charge >= 0.3 is 0 Å². The van der Waals surface area contributed by atoms with Gasteiger partial charge in [0.15, 0.2) is 0 Å². The fourth-order valence-electron chi connectivity index (χ4n) is 1.99. The van der Waals surface area contributed by atoms with E-state index in [2.05, 4.69) is 22.6 Å². The number of allylic oxidation sites excluding steroid dienone is 1. The normalized spacial score (nSPS) is 20.0. The fourth-order valence-corrected chi connectivity index (χ4v) is 2.85. The number of carbonyl (C=O) groups is 1. The summed E-state index contributed by atoms with van der Waals surface area (Å²) in [5.41, 5.74) is 1.48. The average Bonchev–Trinajstić information content (AvgIpc) is 2.33. The van der Waals surface area contributed by atoms with Crippen LogP contribution >= 0.6 is 34.2 Å². The number of carbonyl (C=O) groups excluding carboxylic acids is 1. The molecule has 96 valence electrons. The summed E-state index contributed by atoms with van der Waals surface area (Å²) in [6.45, 7) is 2.50. The lowest BCUT2D eigenvalue weighted by atomic mass is 10.0. The standard InChI is InChI=1S/C13H12ClFINO/c1-2-17-12(6-5-11(16)13(17)18)9-4-3-8(15)7-10(9)14/h3-4,6-7,11H,2,5H2,1H3. The van der Waals surface area contributed by atoms with Gasteiger partial charge < -0.3 is 4.90 Å². The van der Waals surface area contributed by atoms with Gasteiger partial charge in [0.1, 0.15) is 5.82 Å². The van der Waals surface area contributed by atoms with Crippen LogP contribution in [0.3, 0.4) is 0 Å². The van der Waals surface area contributed by atoms with Crippen molar-refractivity contribution in [1.82, 2.24) is 4.90 Å². The largest absolute Gasteiger partial charge is 0.311 e. The maximum absolute atomic E-state index is 13.0. The molecule has 0 saturated carbocycles. The van der Waals surface area contributed by atoms with Gasteiger partial charge in [0.05, 0.1) is 8.95 Å². The molecule has 2 rings (SSSR count). The van der Waals surface area contributed by atoms with Crippen molar-refractivity contribution in [2.45, 2.75) is 17.3 Å². The van der Waals surface area contributed by atoms with Crippen molar-refractivity contribution < 1.29 is 9.18 Å². The van der Waals surface area contributed by atoms with E-state index in [1.54, 1.807) is 11.0 Å². The average molecular weight is 380 g/mol. The van der Waals surface area contributed by atoms with Crippen molar-refractivity contribution in [3.63, 3.8) is 0 Å². The van der Waals surface area contributed by atoms with Crippen molar-refractivity contribution >= 4 is 45.8 Å². The van der Waals surface area contributed by atoms with Crippen LogP contribution in [0.4, 0.5) is 4.39 Å². The van der Waals surface area contributed by atoms with Gasteiger partial charge in [-0.15, -0.1) is 0 Å². The van der Waals surface area contributed by atoms with Crippen LogP contribution in [0.2, 0.25) is 5.02 Å². The molecule has 0 saturated heterocycles. The molecule has 1 aliphatic heterocycles. The quantitative estimate of drug-likeness (QED) is 0.564. The Morgan fingerprint density at radius 3 is 2.89 bits per heavy atom. The third-order valence-electron chi connectivity index (χ3n) is 2.87. The molecular formula is C13H12ClFINO. The molecule has 0 bridgehead atoms. The molecule has 1 aromatic rings. The van der Waals surface area contributed by atoms with Gasteiger partial charge in [-0.25, -0.2) is 4.39 Å². The Kier molecular flexibility index (Phi) is 4.27. The predicted molar refractivity (Wildman–Crippen MR) is 79.2 cm³/mol. The summed E-state index contributed by atoms with van der Waals surface area (Å²) in [6.07, 6.45) is 2.67. The number of rotatable bonds is 2. The van der Waals surface area contributed by atoms with Crippen molar-refractivity contribution in [3.05, 3.63) is 40.7 Å². The van der Waals surface area contributed by atoms with Crippen LogP contribution in [0.25, 0.3) is 5.70 Å². The lowest BCUT2D eigenvalue weighted by molar-refractivity contribution is -0.127. The summed E-state index contributed by atoms with van der Waals surface area (Å²) in [7, 11) is 0. The van der Waals surface area contributed by atoms with E-state index in [4.69, 9.17) is 11.6 Å². The Bertz CT molecular complexity index is 518. The lowest BCUT2D eigenvalue weighted by Crippen LogP contribution is -2.38. The maximum atomic E-state index is 13.0. The first-order valence-corrected chi connectivity index (χ1v) is 7.28. The van der Waals surface area contributed by atoms with Crippen molar-refractivity contribution in [3.8, 4) is 0 Å². The van der Waals surface area contributed by atoms with E-state index in [9.17, 15) is 9.18 Å². The van der Waals surface area contributed by atoms with E-state index >= 15 is 0 Å². The highest BCUT2D eigenvalue weighted by Crippen LogP contribution is 2.32. The second-order valence-electron chi connectivity index (χ2n) is 4.00. The van der Waals surface area contributed by atoms with Gasteiger partial charge in [0.25, 0.3) is 0 Å². The Morgan fingerprint density at radius 2 is 2.28 bits per heavy atom. The summed E-state index contributed by atoms with van der Waals surface area (Å²) >= 11 is 8.18. The Labute approximate surface area is 124 Å². The zero-order chi connectivity index (χ0) is 13.3. The molecule has 0 aromatic heterocycles. The molecule has 1 heterocycles. The van der Waals surface area contributed by atoms with Crippen molar-refractivity contribution in [1.29, 1.82) is 0 Å². The number of halogens is 3. The van der Waals surface area contributed by atoms with Gasteiger partial charge in [-0.3, -0.25) is 4.79 Å². The lowest BCUT2D eigenvalue weighted by Gasteiger charge is -2.30. The van der Waals surface area contributed by atoms with Gasteiger partial charge in [0, 0.05) is 17.8 Å². The van der Waals surface area contributed by atoms with E-state index in [0.29, 0.717) is 23.6 Å². The highest BCUT2D eigenvalue weighted by molar-refractivity contribution is 14.1. The Hall–Kier alpha value is -0.620. The minimum atomic E-state index is -0.374. The van der Waals surface area contributed by atoms with Crippen LogP contribution in [-0.2, 0) is 4.79 Å². The van der Waals surface area contributed by atoms with Crippen LogP contribution in [-0.4, -0.2) is 21.3 Å². The first kappa shape index (κ1) is 13.8. The fraction of sp³-hybridized carbons (Fsp3) is 0.308. The molecule has 1 aromatic carbocycles. The molecule has 1 atom stereocenters. The number of amides is 1. The first-order valence-electron chi connectivity index (χ1n) is 5.65. The minimum Gasteiger partial charge on any atom is -0.311 e. The second-order valence-corrected chi connectivity index (χ2v) is 5.91. The summed E-state index contributed by atoms with van der Waals surface area (Å²) < 4.78 is 13.0. The second kappa shape index (κ2) is 5.57. The van der Waals surface area contributed by atoms with Gasteiger partial charge in [-0.1, -0.05) is 40.3 Å². The Morgan fingerprint density at radius 1 is 1.56 bits per heavy atom. The predicted octanol–water partition coefficient (Wildman–Crippen LogP) is 3.88. The number of benzene rings is 1. The van der Waals surface area contributed by atoms with Crippen LogP contribution in [0, 0.1) is 5.82 Å². The topological polar surface area (TPSA) is 20.3 Å². The molecule has 1 amide bonds. The monoisotopic (exact) mass is 379 g/mol. The van der Waals surface area contributed by atoms with Gasteiger partial charge in [-0.05, 0) is 31.5 Å². The number of hydrogen-bond acceptors (Lipinski definition) is 1. The smallest absolute Gasteiger partial charge is 0.240 e. The number of hydrogen-bond donors (Lipinski definition) is 0. The molecule has 5 heteroatoms. The minimum absolute atomic E-state index is 0.0366. The van der Waals surface area contributed by atoms with Crippen LogP contribution in [0.5, 0.6) is 0 Å². The maximum Gasteiger partial charge on any atom is 0.240 e. The zero-order valence-electron chi connectivity index (χ0n) is 9.79. The van der Waals surface area contributed by atoms with Gasteiger partial charge in [0.2, 0.25) is 5.91 Å². The summed E-state index contributed by atoms with van der Waals surface area (Å²) in [5.74, 6) is -0.294. The third-order valence-corrected chi connectivity index (χ3v) is 4.22. The van der Waals surface area contributed by atoms with E-state index in [-0.39, 0.29) is 15.6 Å². The molecule has 1 aliphatic rings. The summed E-state index contributed by atoms with van der Waals surface area (Å²) in [6, 6.07) is 4.25. The van der Waals surface area contributed by atoms with Crippen LogP contribution < -0.4 is 0 Å². The van der Waals surface area contributed by atoms with E-state index in [1.165, 1.54) is 12.1 Å². The van der Waals surface area contributed by atoms with Crippen molar-refractivity contribution in [2.24, 2.45) is 0 Å². The molecule has 18 heavy (non-hydrogen) atoms. The Balaban J connectivity index is 2.45.